The van der Waals surface area contributed by atoms with Crippen molar-refractivity contribution in [3.8, 4) is 11.4 Å². The molecule has 40 heavy (non-hydrogen) atoms. The summed E-state index contributed by atoms with van der Waals surface area (Å²) in [5.74, 6) is 0. The van der Waals surface area contributed by atoms with Crippen LogP contribution in [0.4, 0.5) is 0 Å². The number of aryl methyl sites for hydroxylation is 1. The van der Waals surface area contributed by atoms with Gasteiger partial charge in [0.15, 0.2) is 0 Å². The number of hydrogen-bond donors (Lipinski definition) is 0. The molecule has 0 atom stereocenters. The Labute approximate surface area is 234 Å². The van der Waals surface area contributed by atoms with Gasteiger partial charge in [0.1, 0.15) is 0 Å². The first-order valence-electron chi connectivity index (χ1n) is 13.6. The standard InChI is InChI=1S/C37H29N3/c1-3-4-12-33-26(2)31-10-5-7-13-34(31)39(33)29-20-16-27(17-21-29)25-28-18-22-30(23-19-28)40-35-14-8-6-11-32(35)37-36(40)15-9-24-38-37/h3-24H,1,25H2,2H3/b12-4-. The topological polar surface area (TPSA) is 22.8 Å². The molecular formula is C37H29N3. The normalized spacial score (nSPS) is 11.7. The van der Waals surface area contributed by atoms with Crippen LogP contribution < -0.4 is 0 Å². The van der Waals surface area contributed by atoms with Crippen molar-refractivity contribution in [2.75, 3.05) is 0 Å². The van der Waals surface area contributed by atoms with Gasteiger partial charge in [-0.1, -0.05) is 79.4 Å². The van der Waals surface area contributed by atoms with Gasteiger partial charge in [-0.25, -0.2) is 0 Å². The molecule has 3 nitrogen and oxygen atoms in total. The zero-order valence-electron chi connectivity index (χ0n) is 22.5. The molecular weight excluding hydrogens is 486 g/mol. The lowest BCUT2D eigenvalue weighted by molar-refractivity contribution is 1.09. The van der Waals surface area contributed by atoms with Gasteiger partial charge >= 0.3 is 0 Å². The zero-order valence-corrected chi connectivity index (χ0v) is 22.5. The predicted molar refractivity (Wildman–Crippen MR) is 169 cm³/mol. The molecule has 0 N–H and O–H groups in total. The lowest BCUT2D eigenvalue weighted by Crippen LogP contribution is -1.98. The first kappa shape index (κ1) is 23.9. The van der Waals surface area contributed by atoms with E-state index < -0.39 is 0 Å². The van der Waals surface area contributed by atoms with Crippen molar-refractivity contribution < 1.29 is 0 Å². The highest BCUT2D eigenvalue weighted by molar-refractivity contribution is 6.06. The third-order valence-electron chi connectivity index (χ3n) is 7.79. The lowest BCUT2D eigenvalue weighted by Gasteiger charge is -2.11. The summed E-state index contributed by atoms with van der Waals surface area (Å²) in [7, 11) is 0. The molecule has 0 unspecified atom stereocenters. The number of benzene rings is 4. The van der Waals surface area contributed by atoms with E-state index in [-0.39, 0.29) is 0 Å². The summed E-state index contributed by atoms with van der Waals surface area (Å²) in [5.41, 5.74) is 11.9. The predicted octanol–water partition coefficient (Wildman–Crippen LogP) is 9.22. The highest BCUT2D eigenvalue weighted by atomic mass is 15.0. The smallest absolute Gasteiger partial charge is 0.0963 e. The Balaban J connectivity index is 1.20. The Morgan fingerprint density at radius 3 is 1.90 bits per heavy atom. The molecule has 4 aromatic carbocycles. The summed E-state index contributed by atoms with van der Waals surface area (Å²) >= 11 is 0. The Kier molecular flexibility index (Phi) is 5.90. The number of fused-ring (bicyclic) bond motifs is 4. The number of allylic oxidation sites excluding steroid dienone is 2. The van der Waals surface area contributed by atoms with E-state index >= 15 is 0 Å². The molecule has 7 rings (SSSR count). The van der Waals surface area contributed by atoms with E-state index in [0.29, 0.717) is 0 Å². The quantitative estimate of drug-likeness (QED) is 0.202. The molecule has 0 fully saturated rings. The summed E-state index contributed by atoms with van der Waals surface area (Å²) in [6.07, 6.45) is 8.72. The van der Waals surface area contributed by atoms with E-state index in [4.69, 9.17) is 0 Å². The van der Waals surface area contributed by atoms with Crippen LogP contribution in [0.15, 0.2) is 134 Å². The van der Waals surface area contributed by atoms with Crippen LogP contribution in [0, 0.1) is 6.92 Å². The number of pyridine rings is 1. The van der Waals surface area contributed by atoms with Crippen molar-refractivity contribution in [1.29, 1.82) is 0 Å². The number of hydrogen-bond acceptors (Lipinski definition) is 1. The summed E-state index contributed by atoms with van der Waals surface area (Å²) < 4.78 is 4.64. The number of rotatable bonds is 6. The minimum atomic E-state index is 0.879. The van der Waals surface area contributed by atoms with Crippen molar-refractivity contribution in [2.45, 2.75) is 13.3 Å². The van der Waals surface area contributed by atoms with Gasteiger partial charge in [-0.15, -0.1) is 0 Å². The first-order chi connectivity index (χ1) is 19.7. The second-order valence-corrected chi connectivity index (χ2v) is 10.2. The summed E-state index contributed by atoms with van der Waals surface area (Å²) in [6.45, 7) is 6.05. The minimum absolute atomic E-state index is 0.879. The van der Waals surface area contributed by atoms with E-state index in [0.717, 1.165) is 28.8 Å². The highest BCUT2D eigenvalue weighted by Gasteiger charge is 2.14. The van der Waals surface area contributed by atoms with Gasteiger partial charge in [0, 0.05) is 34.0 Å². The molecule has 3 heteroatoms. The maximum absolute atomic E-state index is 4.67. The Bertz CT molecular complexity index is 1980. The van der Waals surface area contributed by atoms with Crippen LogP contribution in [0.2, 0.25) is 0 Å². The fourth-order valence-corrected chi connectivity index (χ4v) is 5.88. The molecule has 0 saturated heterocycles. The first-order valence-corrected chi connectivity index (χ1v) is 13.6. The summed E-state index contributed by atoms with van der Waals surface area (Å²) in [5, 5.41) is 2.45. The van der Waals surface area contributed by atoms with Gasteiger partial charge in [-0.05, 0) is 84.6 Å². The van der Waals surface area contributed by atoms with Gasteiger partial charge < -0.3 is 9.13 Å². The molecule has 3 aromatic heterocycles. The molecule has 0 spiro atoms. The summed E-state index contributed by atoms with van der Waals surface area (Å²) in [6, 6.07) is 39.1. The van der Waals surface area contributed by atoms with Gasteiger partial charge in [-0.2, -0.15) is 0 Å². The van der Waals surface area contributed by atoms with Crippen LogP contribution >= 0.6 is 0 Å². The fourth-order valence-electron chi connectivity index (χ4n) is 5.88. The molecule has 0 saturated carbocycles. The SMILES string of the molecule is C=C/C=C\c1c(C)c2ccccc2n1-c1ccc(Cc2ccc(-n3c4ccccc4c4ncccc43)cc2)cc1. The van der Waals surface area contributed by atoms with Gasteiger partial charge in [0.05, 0.1) is 22.1 Å². The molecule has 0 bridgehead atoms. The number of aromatic nitrogens is 3. The molecule has 0 aliphatic carbocycles. The van der Waals surface area contributed by atoms with Crippen molar-refractivity contribution in [3.63, 3.8) is 0 Å². The third-order valence-corrected chi connectivity index (χ3v) is 7.79. The van der Waals surface area contributed by atoms with Crippen LogP contribution in [0.25, 0.3) is 50.3 Å². The summed E-state index contributed by atoms with van der Waals surface area (Å²) in [4.78, 5) is 4.67. The molecule has 192 valence electrons. The second kappa shape index (κ2) is 9.87. The van der Waals surface area contributed by atoms with Crippen molar-refractivity contribution in [1.82, 2.24) is 14.1 Å². The molecule has 3 heterocycles. The van der Waals surface area contributed by atoms with Crippen molar-refractivity contribution in [3.05, 3.63) is 157 Å². The maximum atomic E-state index is 4.67. The highest BCUT2D eigenvalue weighted by Crippen LogP contribution is 2.32. The molecule has 0 amide bonds. The molecule has 0 aliphatic rings. The lowest BCUT2D eigenvalue weighted by atomic mass is 10.0. The number of para-hydroxylation sites is 2. The maximum Gasteiger partial charge on any atom is 0.0963 e. The van der Waals surface area contributed by atoms with E-state index in [1.54, 1.807) is 0 Å². The Morgan fingerprint density at radius 2 is 1.23 bits per heavy atom. The Hall–Kier alpha value is -5.15. The van der Waals surface area contributed by atoms with Crippen LogP contribution in [0.5, 0.6) is 0 Å². The van der Waals surface area contributed by atoms with Gasteiger partial charge in [-0.3, -0.25) is 4.98 Å². The monoisotopic (exact) mass is 515 g/mol. The minimum Gasteiger partial charge on any atom is -0.310 e. The van der Waals surface area contributed by atoms with Gasteiger partial charge in [0.25, 0.3) is 0 Å². The van der Waals surface area contributed by atoms with Gasteiger partial charge in [0.2, 0.25) is 0 Å². The second-order valence-electron chi connectivity index (χ2n) is 10.2. The van der Waals surface area contributed by atoms with E-state index in [1.165, 1.54) is 44.2 Å². The third kappa shape index (κ3) is 3.95. The Morgan fingerprint density at radius 1 is 0.650 bits per heavy atom. The van der Waals surface area contributed by atoms with Crippen molar-refractivity contribution in [2.24, 2.45) is 0 Å². The van der Waals surface area contributed by atoms with Crippen LogP contribution in [-0.2, 0) is 6.42 Å². The van der Waals surface area contributed by atoms with Crippen LogP contribution in [0.3, 0.4) is 0 Å². The van der Waals surface area contributed by atoms with Crippen LogP contribution in [0.1, 0.15) is 22.4 Å². The van der Waals surface area contributed by atoms with E-state index in [2.05, 4.69) is 137 Å². The molecule has 0 radical (unpaired) electrons. The van der Waals surface area contributed by atoms with Crippen LogP contribution in [-0.4, -0.2) is 14.1 Å². The zero-order chi connectivity index (χ0) is 27.1. The average molecular weight is 516 g/mol. The molecule has 0 aliphatic heterocycles. The largest absolute Gasteiger partial charge is 0.310 e. The fraction of sp³-hybridized carbons (Fsp3) is 0.0541. The average Bonchev–Trinajstić information content (AvgIpc) is 3.49. The number of nitrogens with zero attached hydrogens (tertiary/aromatic N) is 3. The van der Waals surface area contributed by atoms with E-state index in [9.17, 15) is 0 Å². The van der Waals surface area contributed by atoms with E-state index in [1.807, 2.05) is 24.4 Å². The molecule has 7 aromatic rings. The van der Waals surface area contributed by atoms with Crippen molar-refractivity contribution >= 4 is 38.9 Å².